The van der Waals surface area contributed by atoms with E-state index in [0.717, 1.165) is 4.80 Å². The van der Waals surface area contributed by atoms with E-state index in [0.29, 0.717) is 0 Å². The van der Waals surface area contributed by atoms with Crippen LogP contribution in [0.25, 0.3) is 0 Å². The van der Waals surface area contributed by atoms with Crippen molar-refractivity contribution in [2.45, 2.75) is 37.8 Å². The van der Waals surface area contributed by atoms with Gasteiger partial charge in [-0.3, -0.25) is 0 Å². The lowest BCUT2D eigenvalue weighted by Gasteiger charge is -2.21. The van der Waals surface area contributed by atoms with Crippen LogP contribution in [0.2, 0.25) is 0 Å². The van der Waals surface area contributed by atoms with E-state index in [4.69, 9.17) is 4.84 Å². The van der Waals surface area contributed by atoms with Crippen LogP contribution in [-0.2, 0) is 28.3 Å². The fourth-order valence-corrected chi connectivity index (χ4v) is 2.88. The largest absolute Gasteiger partial charge is 0.605 e. The standard InChI is InChI=1S/C10H13F3N4O2S/c1-5-7(15-17(4)14-5)10(12,13)20(18)8-6(11)9(2,3)19-16-8/h6H,1-4H3. The predicted molar refractivity (Wildman–Crippen MR) is 65.3 cm³/mol. The molecule has 0 saturated carbocycles. The number of alkyl halides is 3. The summed E-state index contributed by atoms with van der Waals surface area (Å²) in [6.45, 7) is 3.96. The Balaban J connectivity index is 2.33. The SMILES string of the molecule is Cc1nn(C)nc1C(F)(F)[S+]([O-])C1=NOC(C)(C)C1F. The van der Waals surface area contributed by atoms with Crippen molar-refractivity contribution in [3.05, 3.63) is 11.4 Å². The molecule has 2 rings (SSSR count). The maximum Gasteiger partial charge on any atom is 0.461 e. The van der Waals surface area contributed by atoms with Crippen LogP contribution in [0, 0.1) is 6.92 Å². The van der Waals surface area contributed by atoms with Gasteiger partial charge in [-0.05, 0) is 25.9 Å². The molecule has 112 valence electrons. The summed E-state index contributed by atoms with van der Waals surface area (Å²) in [6, 6.07) is 0. The van der Waals surface area contributed by atoms with Gasteiger partial charge in [0.15, 0.2) is 5.60 Å². The van der Waals surface area contributed by atoms with Gasteiger partial charge >= 0.3 is 5.25 Å². The van der Waals surface area contributed by atoms with Gasteiger partial charge in [0.2, 0.25) is 11.9 Å². The first kappa shape index (κ1) is 15.1. The second-order valence-electron chi connectivity index (χ2n) is 4.90. The zero-order chi connectivity index (χ0) is 15.3. The van der Waals surface area contributed by atoms with Crippen LogP contribution in [0.1, 0.15) is 25.2 Å². The second-order valence-corrected chi connectivity index (χ2v) is 6.36. The highest BCUT2D eigenvalue weighted by Crippen LogP contribution is 2.39. The van der Waals surface area contributed by atoms with Gasteiger partial charge in [0.05, 0.1) is 16.9 Å². The van der Waals surface area contributed by atoms with Crippen molar-refractivity contribution in [3.8, 4) is 0 Å². The Hall–Kier alpha value is -1.29. The molecule has 1 aliphatic rings. The van der Waals surface area contributed by atoms with E-state index in [2.05, 4.69) is 15.4 Å². The molecule has 0 fully saturated rings. The van der Waals surface area contributed by atoms with E-state index in [1.165, 1.54) is 27.8 Å². The topological polar surface area (TPSA) is 75.4 Å². The molecule has 10 heteroatoms. The van der Waals surface area contributed by atoms with E-state index in [1.54, 1.807) is 0 Å². The monoisotopic (exact) mass is 310 g/mol. The molecule has 0 N–H and O–H groups in total. The van der Waals surface area contributed by atoms with E-state index in [-0.39, 0.29) is 5.69 Å². The van der Waals surface area contributed by atoms with Crippen molar-refractivity contribution in [3.63, 3.8) is 0 Å². The van der Waals surface area contributed by atoms with Crippen LogP contribution in [-0.4, -0.2) is 36.4 Å². The van der Waals surface area contributed by atoms with Crippen molar-refractivity contribution < 1.29 is 22.6 Å². The highest BCUT2D eigenvalue weighted by Gasteiger charge is 2.59. The molecule has 2 unspecified atom stereocenters. The number of halogens is 3. The number of rotatable bonds is 2. The quantitative estimate of drug-likeness (QED) is 0.773. The Labute approximate surface area is 116 Å². The van der Waals surface area contributed by atoms with Crippen molar-refractivity contribution >= 4 is 16.2 Å². The molecule has 0 amide bonds. The maximum absolute atomic E-state index is 14.2. The van der Waals surface area contributed by atoms with Gasteiger partial charge in [0.1, 0.15) is 0 Å². The van der Waals surface area contributed by atoms with Gasteiger partial charge in [0.25, 0.3) is 5.04 Å². The maximum atomic E-state index is 14.2. The molecular formula is C10H13F3N4O2S. The van der Waals surface area contributed by atoms with Crippen LogP contribution in [0.4, 0.5) is 13.2 Å². The molecule has 1 aromatic rings. The first-order chi connectivity index (χ1) is 9.07. The Kier molecular flexibility index (Phi) is 3.49. The minimum absolute atomic E-state index is 0.0833. The summed E-state index contributed by atoms with van der Waals surface area (Å²) in [6.07, 6.45) is -1.98. The Bertz CT molecular complexity index is 561. The van der Waals surface area contributed by atoms with Crippen LogP contribution in [0.15, 0.2) is 5.16 Å². The van der Waals surface area contributed by atoms with E-state index >= 15 is 0 Å². The highest BCUT2D eigenvalue weighted by atomic mass is 32.2. The molecule has 2 atom stereocenters. The average Bonchev–Trinajstić information content (AvgIpc) is 2.80. The van der Waals surface area contributed by atoms with Crippen LogP contribution in [0.3, 0.4) is 0 Å². The number of nitrogens with zero attached hydrogens (tertiary/aromatic N) is 4. The molecule has 0 bridgehead atoms. The number of hydrogen-bond donors (Lipinski definition) is 0. The molecule has 0 aliphatic carbocycles. The van der Waals surface area contributed by atoms with Crippen molar-refractivity contribution in [2.24, 2.45) is 12.2 Å². The summed E-state index contributed by atoms with van der Waals surface area (Å²) >= 11 is -3.03. The third-order valence-corrected chi connectivity index (χ3v) is 4.10. The lowest BCUT2D eigenvalue weighted by molar-refractivity contribution is -0.0232. The first-order valence-corrected chi connectivity index (χ1v) is 6.80. The van der Waals surface area contributed by atoms with Crippen LogP contribution >= 0.6 is 0 Å². The molecule has 0 saturated heterocycles. The van der Waals surface area contributed by atoms with Crippen LogP contribution < -0.4 is 0 Å². The van der Waals surface area contributed by atoms with E-state index in [9.17, 15) is 17.7 Å². The average molecular weight is 310 g/mol. The van der Waals surface area contributed by atoms with E-state index < -0.39 is 38.9 Å². The zero-order valence-corrected chi connectivity index (χ0v) is 12.0. The Morgan fingerprint density at radius 3 is 2.40 bits per heavy atom. The third kappa shape index (κ3) is 2.26. The fraction of sp³-hybridized carbons (Fsp3) is 0.700. The lowest BCUT2D eigenvalue weighted by atomic mass is 10.1. The van der Waals surface area contributed by atoms with Crippen LogP contribution in [0.5, 0.6) is 0 Å². The van der Waals surface area contributed by atoms with E-state index in [1.807, 2.05) is 0 Å². The smallest absolute Gasteiger partial charge is 0.461 e. The summed E-state index contributed by atoms with van der Waals surface area (Å²) in [5.74, 6) is 0. The second kappa shape index (κ2) is 4.62. The number of hydrogen-bond acceptors (Lipinski definition) is 5. The minimum Gasteiger partial charge on any atom is -0.605 e. The number of aryl methyl sites for hydroxylation is 2. The third-order valence-electron chi connectivity index (χ3n) is 2.78. The minimum atomic E-state index is -3.90. The van der Waals surface area contributed by atoms with Gasteiger partial charge in [-0.1, -0.05) is 0 Å². The summed E-state index contributed by atoms with van der Waals surface area (Å²) < 4.78 is 54.3. The molecule has 1 aromatic heterocycles. The van der Waals surface area contributed by atoms with Gasteiger partial charge in [-0.15, -0.1) is 13.9 Å². The fourth-order valence-electron chi connectivity index (χ4n) is 1.67. The summed E-state index contributed by atoms with van der Waals surface area (Å²) in [4.78, 5) is 5.63. The molecule has 0 spiro atoms. The molecule has 0 aromatic carbocycles. The summed E-state index contributed by atoms with van der Waals surface area (Å²) in [5.41, 5.74) is -2.27. The summed E-state index contributed by atoms with van der Waals surface area (Å²) in [7, 11) is 1.35. The highest BCUT2D eigenvalue weighted by molar-refractivity contribution is 8.07. The predicted octanol–water partition coefficient (Wildman–Crippen LogP) is 1.38. The Morgan fingerprint density at radius 1 is 1.40 bits per heavy atom. The molecule has 6 nitrogen and oxygen atoms in total. The van der Waals surface area contributed by atoms with Gasteiger partial charge < -0.3 is 9.39 Å². The molecule has 2 heterocycles. The zero-order valence-electron chi connectivity index (χ0n) is 11.2. The lowest BCUT2D eigenvalue weighted by Crippen LogP contribution is -2.42. The molecular weight excluding hydrogens is 297 g/mol. The Morgan fingerprint density at radius 2 is 2.00 bits per heavy atom. The van der Waals surface area contributed by atoms with Crippen molar-refractivity contribution in [1.29, 1.82) is 0 Å². The van der Waals surface area contributed by atoms with Crippen molar-refractivity contribution in [2.75, 3.05) is 0 Å². The summed E-state index contributed by atoms with van der Waals surface area (Å²) in [5, 5.41) is 5.62. The van der Waals surface area contributed by atoms with Gasteiger partial charge in [0, 0.05) is 7.05 Å². The molecule has 20 heavy (non-hydrogen) atoms. The van der Waals surface area contributed by atoms with Gasteiger partial charge in [-0.25, -0.2) is 4.39 Å². The number of aromatic nitrogens is 3. The number of oxime groups is 1. The molecule has 1 aliphatic heterocycles. The van der Waals surface area contributed by atoms with Crippen molar-refractivity contribution in [1.82, 2.24) is 15.0 Å². The molecule has 0 radical (unpaired) electrons. The van der Waals surface area contributed by atoms with Gasteiger partial charge in [-0.2, -0.15) is 9.90 Å². The first-order valence-electron chi connectivity index (χ1n) is 5.65. The normalized spacial score (nSPS) is 23.4.